The van der Waals surface area contributed by atoms with Crippen LogP contribution in [0.4, 0.5) is 0 Å². The molecule has 0 aromatic carbocycles. The summed E-state index contributed by atoms with van der Waals surface area (Å²) in [6.07, 6.45) is 3.71. The van der Waals surface area contributed by atoms with Gasteiger partial charge in [0, 0.05) is 5.41 Å². The van der Waals surface area contributed by atoms with E-state index in [1.807, 2.05) is 13.0 Å². The highest BCUT2D eigenvalue weighted by Gasteiger charge is 2.57. The number of hydrogen-bond donors (Lipinski definition) is 8. The maximum Gasteiger partial charge on any atom is 0.334 e. The van der Waals surface area contributed by atoms with Gasteiger partial charge in [0.05, 0.1) is 31.3 Å². The van der Waals surface area contributed by atoms with Gasteiger partial charge in [-0.3, -0.25) is 0 Å². The van der Waals surface area contributed by atoms with E-state index in [4.69, 9.17) is 19.6 Å². The van der Waals surface area contributed by atoms with Crippen molar-refractivity contribution in [1.82, 2.24) is 0 Å². The molecule has 2 unspecified atom stereocenters. The van der Waals surface area contributed by atoms with Gasteiger partial charge in [0.2, 0.25) is 0 Å². The first-order chi connectivity index (χ1) is 13.9. The van der Waals surface area contributed by atoms with Crippen LogP contribution < -0.4 is 0 Å². The summed E-state index contributed by atoms with van der Waals surface area (Å²) in [5, 5.41) is 40.9. The summed E-state index contributed by atoms with van der Waals surface area (Å²) in [5.74, 6) is 0. The second-order valence-corrected chi connectivity index (χ2v) is 11.7. The lowest BCUT2D eigenvalue weighted by Gasteiger charge is -2.56. The van der Waals surface area contributed by atoms with Gasteiger partial charge in [-0.05, 0) is 24.2 Å². The quantitative estimate of drug-likeness (QED) is 0.251. The summed E-state index contributed by atoms with van der Waals surface area (Å²) < 4.78 is 3.60. The molecule has 0 bridgehead atoms. The minimum absolute atomic E-state index is 0.0479. The lowest BCUT2D eigenvalue weighted by molar-refractivity contribution is -0.155. The molecular formula is C20H40O9P2. The minimum atomic E-state index is -2.61. The summed E-state index contributed by atoms with van der Waals surface area (Å²) in [6.45, 7) is 13.2. The fourth-order valence-corrected chi connectivity index (χ4v) is 4.49. The maximum absolute atomic E-state index is 11.4. The normalized spacial score (nSPS) is 21.5. The SMILES string of the molecule is CC1=CC=C(C(C)(C)C)CC1(C(O)C(CO)(CO)CO)C(C)(C)C.OP(O)OP(O)O. The lowest BCUT2D eigenvalue weighted by Crippen LogP contribution is -2.59. The smallest absolute Gasteiger partial charge is 0.334 e. The second kappa shape index (κ2) is 11.9. The van der Waals surface area contributed by atoms with Gasteiger partial charge in [-0.1, -0.05) is 64.8 Å². The van der Waals surface area contributed by atoms with Crippen LogP contribution in [0.25, 0.3) is 0 Å². The number of hydrogen-bond acceptors (Lipinski definition) is 9. The molecule has 0 radical (unpaired) electrons. The highest BCUT2D eigenvalue weighted by Crippen LogP contribution is 2.58. The monoisotopic (exact) mass is 486 g/mol. The van der Waals surface area contributed by atoms with Crippen LogP contribution in [0.2, 0.25) is 0 Å². The number of aliphatic hydroxyl groups is 4. The lowest BCUT2D eigenvalue weighted by atomic mass is 9.50. The van der Waals surface area contributed by atoms with Crippen LogP contribution in [-0.4, -0.2) is 65.9 Å². The third-order valence-corrected chi connectivity index (χ3v) is 7.32. The van der Waals surface area contributed by atoms with Gasteiger partial charge >= 0.3 is 17.2 Å². The van der Waals surface area contributed by atoms with E-state index < -0.39 is 54.0 Å². The summed E-state index contributed by atoms with van der Waals surface area (Å²) in [6, 6.07) is 0. The Morgan fingerprint density at radius 2 is 1.32 bits per heavy atom. The van der Waals surface area contributed by atoms with Crippen LogP contribution in [0.15, 0.2) is 23.3 Å². The zero-order chi connectivity index (χ0) is 24.8. The molecule has 1 aliphatic rings. The first-order valence-electron chi connectivity index (χ1n) is 9.88. The molecule has 0 saturated carbocycles. The van der Waals surface area contributed by atoms with Gasteiger partial charge in [-0.25, -0.2) is 4.31 Å². The highest BCUT2D eigenvalue weighted by atomic mass is 31.2. The largest absolute Gasteiger partial charge is 0.396 e. The molecule has 0 amide bonds. The molecule has 31 heavy (non-hydrogen) atoms. The maximum atomic E-state index is 11.4. The Morgan fingerprint density at radius 1 is 0.903 bits per heavy atom. The van der Waals surface area contributed by atoms with Crippen molar-refractivity contribution >= 4 is 17.2 Å². The Balaban J connectivity index is 0.00000110. The number of allylic oxidation sites excluding steroid dienone is 3. The minimum Gasteiger partial charge on any atom is -0.396 e. The van der Waals surface area contributed by atoms with Gasteiger partial charge in [0.1, 0.15) is 0 Å². The molecule has 184 valence electrons. The molecule has 0 saturated heterocycles. The molecule has 0 aliphatic heterocycles. The van der Waals surface area contributed by atoms with Crippen LogP contribution in [0, 0.1) is 21.7 Å². The summed E-state index contributed by atoms with van der Waals surface area (Å²) in [4.78, 5) is 31.3. The molecule has 0 aromatic rings. The zero-order valence-electron chi connectivity index (χ0n) is 19.4. The van der Waals surface area contributed by atoms with Crippen molar-refractivity contribution < 1.29 is 44.3 Å². The van der Waals surface area contributed by atoms with Gasteiger partial charge in [0.25, 0.3) is 0 Å². The molecule has 8 N–H and O–H groups in total. The summed E-state index contributed by atoms with van der Waals surface area (Å²) >= 11 is 0. The summed E-state index contributed by atoms with van der Waals surface area (Å²) in [5.41, 5.74) is -0.183. The Bertz CT molecular complexity index is 603. The Kier molecular flexibility index (Phi) is 11.9. The predicted molar refractivity (Wildman–Crippen MR) is 121 cm³/mol. The Morgan fingerprint density at radius 3 is 1.58 bits per heavy atom. The molecular weight excluding hydrogens is 446 g/mol. The van der Waals surface area contributed by atoms with Crippen molar-refractivity contribution in [2.24, 2.45) is 21.7 Å². The molecule has 2 atom stereocenters. The van der Waals surface area contributed by atoms with Crippen molar-refractivity contribution in [2.45, 2.75) is 61.0 Å². The fraction of sp³-hybridized carbons (Fsp3) is 0.800. The van der Waals surface area contributed by atoms with Crippen LogP contribution in [0.3, 0.4) is 0 Å². The van der Waals surface area contributed by atoms with Crippen molar-refractivity contribution in [3.05, 3.63) is 23.3 Å². The van der Waals surface area contributed by atoms with E-state index in [9.17, 15) is 20.4 Å². The van der Waals surface area contributed by atoms with E-state index in [1.54, 1.807) is 0 Å². The van der Waals surface area contributed by atoms with Crippen molar-refractivity contribution in [3.63, 3.8) is 0 Å². The van der Waals surface area contributed by atoms with E-state index in [2.05, 4.69) is 51.9 Å². The second-order valence-electron chi connectivity index (χ2n) is 10.0. The average molecular weight is 486 g/mol. The first-order valence-corrected chi connectivity index (χ1v) is 12.2. The third-order valence-electron chi connectivity index (χ3n) is 6.15. The molecule has 0 heterocycles. The van der Waals surface area contributed by atoms with Crippen LogP contribution >= 0.6 is 17.2 Å². The van der Waals surface area contributed by atoms with Gasteiger partial charge in [-0.2, -0.15) is 0 Å². The first kappa shape index (κ1) is 31.0. The van der Waals surface area contributed by atoms with Crippen LogP contribution in [0.5, 0.6) is 0 Å². The van der Waals surface area contributed by atoms with E-state index in [1.165, 1.54) is 5.57 Å². The Labute approximate surface area is 187 Å². The van der Waals surface area contributed by atoms with E-state index in [-0.39, 0.29) is 10.8 Å². The summed E-state index contributed by atoms with van der Waals surface area (Å²) in [7, 11) is -5.22. The van der Waals surface area contributed by atoms with Gasteiger partial charge < -0.3 is 40.0 Å². The van der Waals surface area contributed by atoms with E-state index in [0.29, 0.717) is 6.42 Å². The third kappa shape index (κ3) is 7.49. The topological polar surface area (TPSA) is 171 Å². The molecule has 11 heteroatoms. The standard InChI is InChI=1S/C20H36O4.H4O5P2/c1-14-8-9-15(17(2,3)4)10-20(14,18(5,6)7)16(24)19(11-21,12-22)13-23;1-6(2)5-7(3)4/h8-9,16,21-24H,10-13H2,1-7H3;1-4H. The van der Waals surface area contributed by atoms with E-state index >= 15 is 0 Å². The predicted octanol–water partition coefficient (Wildman–Crippen LogP) is 2.09. The molecule has 0 fully saturated rings. The highest BCUT2D eigenvalue weighted by molar-refractivity contribution is 7.53. The van der Waals surface area contributed by atoms with Crippen LogP contribution in [-0.2, 0) is 4.31 Å². The molecule has 1 aliphatic carbocycles. The van der Waals surface area contributed by atoms with Crippen molar-refractivity contribution in [2.75, 3.05) is 19.8 Å². The molecule has 0 aromatic heterocycles. The van der Waals surface area contributed by atoms with E-state index in [0.717, 1.165) is 5.57 Å². The molecule has 0 spiro atoms. The van der Waals surface area contributed by atoms with Gasteiger partial charge in [0.15, 0.2) is 0 Å². The van der Waals surface area contributed by atoms with Crippen molar-refractivity contribution in [3.8, 4) is 0 Å². The van der Waals surface area contributed by atoms with Crippen molar-refractivity contribution in [1.29, 1.82) is 0 Å². The number of aliphatic hydroxyl groups excluding tert-OH is 4. The Hall–Kier alpha value is -0.0200. The molecule has 9 nitrogen and oxygen atoms in total. The van der Waals surface area contributed by atoms with Gasteiger partial charge in [-0.15, -0.1) is 0 Å². The fourth-order valence-electron chi connectivity index (χ4n) is 3.96. The zero-order valence-corrected chi connectivity index (χ0v) is 21.2. The number of rotatable bonds is 7. The van der Waals surface area contributed by atoms with Crippen LogP contribution in [0.1, 0.15) is 54.9 Å². The average Bonchev–Trinajstić information content (AvgIpc) is 2.61. The molecule has 1 rings (SSSR count).